The fraction of sp³-hybridized carbons (Fsp3) is 0.0909. The van der Waals surface area contributed by atoms with Crippen LogP contribution in [0.3, 0.4) is 0 Å². The largest absolute Gasteiger partial charge is 0.354 e. The van der Waals surface area contributed by atoms with Crippen molar-refractivity contribution < 1.29 is 9.59 Å². The van der Waals surface area contributed by atoms with Crippen molar-refractivity contribution in [3.63, 3.8) is 0 Å². The molecule has 2 aromatic heterocycles. The molecule has 10 heteroatoms. The number of pyridine rings is 2. The molecule has 8 nitrogen and oxygen atoms in total. The van der Waals surface area contributed by atoms with Gasteiger partial charge in [0.25, 0.3) is 5.91 Å². The number of rotatable bonds is 8. The lowest BCUT2D eigenvalue weighted by molar-refractivity contribution is 0.0958. The summed E-state index contributed by atoms with van der Waals surface area (Å²) in [5.74, 6) is 0.338. The fourth-order valence-electron chi connectivity index (χ4n) is 2.60. The van der Waals surface area contributed by atoms with Crippen LogP contribution < -0.4 is 21.5 Å². The summed E-state index contributed by atoms with van der Waals surface area (Å²) < 4.78 is 0. The lowest BCUT2D eigenvalue weighted by atomic mass is 10.2. The molecule has 3 amide bonds. The van der Waals surface area contributed by atoms with Crippen LogP contribution in [0.1, 0.15) is 21.6 Å². The predicted molar refractivity (Wildman–Crippen MR) is 127 cm³/mol. The van der Waals surface area contributed by atoms with E-state index in [1.165, 1.54) is 11.8 Å². The van der Waals surface area contributed by atoms with E-state index in [0.717, 1.165) is 16.2 Å². The van der Waals surface area contributed by atoms with Crippen LogP contribution in [-0.4, -0.2) is 29.0 Å². The first kappa shape index (κ1) is 23.1. The Bertz CT molecular complexity index is 1120. The van der Waals surface area contributed by atoms with E-state index in [1.54, 1.807) is 55.8 Å². The van der Waals surface area contributed by atoms with Crippen molar-refractivity contribution in [3.05, 3.63) is 89.3 Å². The van der Waals surface area contributed by atoms with Gasteiger partial charge in [-0.05, 0) is 54.1 Å². The molecule has 0 atom stereocenters. The number of nitrogens with one attached hydrogen (secondary N) is 4. The number of carbonyl (C=O) groups is 2. The smallest absolute Gasteiger partial charge is 0.337 e. The number of hydrogen-bond donors (Lipinski definition) is 4. The number of nitrogens with zero attached hydrogens (tertiary/aromatic N) is 2. The molecule has 0 fully saturated rings. The molecule has 0 bridgehead atoms. The first-order valence-electron chi connectivity index (χ1n) is 9.49. The zero-order valence-electron chi connectivity index (χ0n) is 17.2. The molecule has 0 aliphatic carbocycles. The molecule has 2 heterocycles. The number of carbonyl (C=O) groups excluding carboxylic acids is 2. The number of halogens is 1. The van der Waals surface area contributed by atoms with Crippen molar-refractivity contribution >= 4 is 46.7 Å². The highest BCUT2D eigenvalue weighted by atomic mass is 35.5. The number of amides is 3. The Morgan fingerprint density at radius 2 is 1.84 bits per heavy atom. The van der Waals surface area contributed by atoms with E-state index in [0.29, 0.717) is 27.9 Å². The number of anilines is 1. The van der Waals surface area contributed by atoms with Crippen molar-refractivity contribution in [1.29, 1.82) is 0 Å². The maximum absolute atomic E-state index is 12.1. The molecule has 164 valence electrons. The summed E-state index contributed by atoms with van der Waals surface area (Å²) in [5.41, 5.74) is 8.46. The van der Waals surface area contributed by atoms with Crippen LogP contribution in [0.4, 0.5) is 10.5 Å². The zero-order valence-corrected chi connectivity index (χ0v) is 18.8. The molecule has 3 aromatic rings. The van der Waals surface area contributed by atoms with Gasteiger partial charge in [0.05, 0.1) is 5.70 Å². The Kier molecular flexibility index (Phi) is 8.07. The fourth-order valence-corrected chi connectivity index (χ4v) is 3.69. The van der Waals surface area contributed by atoms with E-state index in [2.05, 4.69) is 38.0 Å². The summed E-state index contributed by atoms with van der Waals surface area (Å²) in [6.07, 6.45) is 3.28. The van der Waals surface area contributed by atoms with Crippen molar-refractivity contribution in [2.45, 2.75) is 10.8 Å². The molecule has 0 aliphatic heterocycles. The number of hydrazine groups is 1. The van der Waals surface area contributed by atoms with E-state index >= 15 is 0 Å². The second kappa shape index (κ2) is 11.2. The standard InChI is InChI=1S/C22H21ClN6O2S/c1-14(28-29-22(31)27-17-7-5-16(23)6-8-17)18-4-3-10-26-21(18)32-13-15-9-11-25-19(12-15)20(30)24-2/h3-12,28H,1,13H2,2H3,(H,24,30)(H2,27,29,31). The summed E-state index contributed by atoms with van der Waals surface area (Å²) in [6, 6.07) is 13.5. The monoisotopic (exact) mass is 468 g/mol. The van der Waals surface area contributed by atoms with Gasteiger partial charge in [0.15, 0.2) is 0 Å². The molecule has 0 saturated carbocycles. The second-order valence-electron chi connectivity index (χ2n) is 6.46. The van der Waals surface area contributed by atoms with Gasteiger partial charge in [0, 0.05) is 41.5 Å². The van der Waals surface area contributed by atoms with Crippen LogP contribution in [0.25, 0.3) is 5.70 Å². The van der Waals surface area contributed by atoms with Crippen LogP contribution >= 0.6 is 23.4 Å². The third kappa shape index (κ3) is 6.47. The Morgan fingerprint density at radius 1 is 1.06 bits per heavy atom. The van der Waals surface area contributed by atoms with E-state index in [9.17, 15) is 9.59 Å². The zero-order chi connectivity index (χ0) is 22.9. The molecule has 4 N–H and O–H groups in total. The molecule has 1 aromatic carbocycles. The van der Waals surface area contributed by atoms with Gasteiger partial charge in [0.1, 0.15) is 10.7 Å². The molecule has 3 rings (SSSR count). The predicted octanol–water partition coefficient (Wildman–Crippen LogP) is 4.08. The van der Waals surface area contributed by atoms with Gasteiger partial charge in [-0.25, -0.2) is 9.78 Å². The SMILES string of the molecule is C=C(NNC(=O)Nc1ccc(Cl)cc1)c1cccnc1SCc1ccnc(C(=O)NC)c1. The van der Waals surface area contributed by atoms with Gasteiger partial charge in [-0.3, -0.25) is 20.6 Å². The van der Waals surface area contributed by atoms with E-state index in [-0.39, 0.29) is 5.91 Å². The lowest BCUT2D eigenvalue weighted by Gasteiger charge is -2.14. The Labute approximate surface area is 194 Å². The van der Waals surface area contributed by atoms with Crippen LogP contribution in [0.15, 0.2) is 72.5 Å². The average Bonchev–Trinajstić information content (AvgIpc) is 2.82. The Hall–Kier alpha value is -3.56. The normalized spacial score (nSPS) is 10.2. The van der Waals surface area contributed by atoms with Crippen LogP contribution in [-0.2, 0) is 5.75 Å². The van der Waals surface area contributed by atoms with Crippen molar-refractivity contribution in [2.75, 3.05) is 12.4 Å². The van der Waals surface area contributed by atoms with Crippen LogP contribution in [0.5, 0.6) is 0 Å². The first-order valence-corrected chi connectivity index (χ1v) is 10.9. The van der Waals surface area contributed by atoms with Crippen molar-refractivity contribution in [2.24, 2.45) is 0 Å². The summed E-state index contributed by atoms with van der Waals surface area (Å²) >= 11 is 7.33. The van der Waals surface area contributed by atoms with Crippen molar-refractivity contribution in [1.82, 2.24) is 26.1 Å². The quantitative estimate of drug-likeness (QED) is 0.293. The number of urea groups is 1. The molecular formula is C22H21ClN6O2S. The maximum Gasteiger partial charge on any atom is 0.337 e. The first-order chi connectivity index (χ1) is 15.5. The molecule has 0 aliphatic rings. The van der Waals surface area contributed by atoms with Gasteiger partial charge < -0.3 is 10.6 Å². The third-order valence-electron chi connectivity index (χ3n) is 4.18. The molecule has 0 unspecified atom stereocenters. The summed E-state index contributed by atoms with van der Waals surface area (Å²) in [6.45, 7) is 3.99. The number of benzene rings is 1. The van der Waals surface area contributed by atoms with Gasteiger partial charge in [-0.15, -0.1) is 11.8 Å². The number of hydrogen-bond acceptors (Lipinski definition) is 6. The summed E-state index contributed by atoms with van der Waals surface area (Å²) in [4.78, 5) is 32.4. The average molecular weight is 469 g/mol. The minimum absolute atomic E-state index is 0.240. The van der Waals surface area contributed by atoms with Crippen LogP contribution in [0.2, 0.25) is 5.02 Å². The van der Waals surface area contributed by atoms with Crippen LogP contribution in [0, 0.1) is 0 Å². The van der Waals surface area contributed by atoms with E-state index < -0.39 is 6.03 Å². The van der Waals surface area contributed by atoms with Crippen molar-refractivity contribution in [3.8, 4) is 0 Å². The molecule has 0 radical (unpaired) electrons. The minimum Gasteiger partial charge on any atom is -0.354 e. The van der Waals surface area contributed by atoms with Gasteiger partial charge in [0.2, 0.25) is 0 Å². The second-order valence-corrected chi connectivity index (χ2v) is 7.86. The van der Waals surface area contributed by atoms with Gasteiger partial charge in [-0.1, -0.05) is 18.2 Å². The van der Waals surface area contributed by atoms with Gasteiger partial charge in [-0.2, -0.15) is 0 Å². The summed E-state index contributed by atoms with van der Waals surface area (Å²) in [5, 5.41) is 6.56. The number of thioether (sulfide) groups is 1. The molecule has 0 spiro atoms. The molecular weight excluding hydrogens is 448 g/mol. The summed E-state index contributed by atoms with van der Waals surface area (Å²) in [7, 11) is 1.56. The maximum atomic E-state index is 12.1. The number of aromatic nitrogens is 2. The van der Waals surface area contributed by atoms with Gasteiger partial charge >= 0.3 is 6.03 Å². The Morgan fingerprint density at radius 3 is 2.59 bits per heavy atom. The highest BCUT2D eigenvalue weighted by molar-refractivity contribution is 7.98. The topological polar surface area (TPSA) is 108 Å². The Balaban J connectivity index is 1.59. The lowest BCUT2D eigenvalue weighted by Crippen LogP contribution is -2.39. The molecule has 32 heavy (non-hydrogen) atoms. The minimum atomic E-state index is -0.454. The van der Waals surface area contributed by atoms with E-state index in [1.807, 2.05) is 12.1 Å². The third-order valence-corrected chi connectivity index (χ3v) is 5.51. The molecule has 0 saturated heterocycles. The highest BCUT2D eigenvalue weighted by Gasteiger charge is 2.11. The van der Waals surface area contributed by atoms with E-state index in [4.69, 9.17) is 11.6 Å². The highest BCUT2D eigenvalue weighted by Crippen LogP contribution is 2.27.